The summed E-state index contributed by atoms with van der Waals surface area (Å²) in [7, 11) is 0. The Hall–Kier alpha value is -3.65. The van der Waals surface area contributed by atoms with Gasteiger partial charge in [-0.15, -0.1) is 0 Å². The molecule has 3 N–H and O–H groups in total. The zero-order valence-corrected chi connectivity index (χ0v) is 16.5. The minimum Gasteiger partial charge on any atom is -0.478 e. The van der Waals surface area contributed by atoms with Gasteiger partial charge in [0.25, 0.3) is 11.8 Å². The average molecular weight is 455 g/mol. The van der Waals surface area contributed by atoms with Crippen molar-refractivity contribution >= 4 is 45.5 Å². The minimum absolute atomic E-state index is 0.0245. The predicted octanol–water partition coefficient (Wildman–Crippen LogP) is 4.15. The van der Waals surface area contributed by atoms with Crippen molar-refractivity contribution in [2.45, 2.75) is 0 Å². The van der Waals surface area contributed by atoms with Crippen LogP contribution in [0.15, 0.2) is 81.5 Å². The van der Waals surface area contributed by atoms with Crippen LogP contribution in [0.3, 0.4) is 0 Å². The van der Waals surface area contributed by atoms with Gasteiger partial charge in [0.15, 0.2) is 10.4 Å². The lowest BCUT2D eigenvalue weighted by Crippen LogP contribution is -2.30. The van der Waals surface area contributed by atoms with Crippen molar-refractivity contribution in [3.05, 3.63) is 94.0 Å². The lowest BCUT2D eigenvalue weighted by molar-refractivity contribution is -0.113. The van der Waals surface area contributed by atoms with Crippen molar-refractivity contribution < 1.29 is 23.9 Å². The van der Waals surface area contributed by atoms with Crippen LogP contribution < -0.4 is 10.6 Å². The SMILES string of the molecule is O=C(Nc1cccc(C(=O)O)c1)/C(=C/c1ccccc1)NC(=O)c1ccc(Br)o1. The molecule has 2 aromatic carbocycles. The third-order valence-corrected chi connectivity index (χ3v) is 4.19. The van der Waals surface area contributed by atoms with Crippen molar-refractivity contribution in [1.82, 2.24) is 5.32 Å². The molecule has 0 unspecified atom stereocenters. The van der Waals surface area contributed by atoms with Gasteiger partial charge in [0.1, 0.15) is 5.70 Å². The Labute approximate surface area is 174 Å². The molecule has 3 aromatic rings. The van der Waals surface area contributed by atoms with Crippen molar-refractivity contribution in [3.8, 4) is 0 Å². The minimum atomic E-state index is -1.11. The summed E-state index contributed by atoms with van der Waals surface area (Å²) in [5.41, 5.74) is 0.969. The number of nitrogens with one attached hydrogen (secondary N) is 2. The molecule has 3 rings (SSSR count). The van der Waals surface area contributed by atoms with Crippen molar-refractivity contribution in [3.63, 3.8) is 0 Å². The first-order chi connectivity index (χ1) is 13.9. The van der Waals surface area contributed by atoms with Gasteiger partial charge in [0.2, 0.25) is 0 Å². The van der Waals surface area contributed by atoms with E-state index in [0.717, 1.165) is 0 Å². The maximum Gasteiger partial charge on any atom is 0.335 e. The second-order valence-corrected chi connectivity index (χ2v) is 6.65. The molecule has 0 fully saturated rings. The second-order valence-electron chi connectivity index (χ2n) is 5.87. The molecule has 0 bridgehead atoms. The fourth-order valence-corrected chi connectivity index (χ4v) is 2.73. The molecule has 8 heteroatoms. The van der Waals surface area contributed by atoms with E-state index in [0.29, 0.717) is 10.2 Å². The molecule has 0 aliphatic rings. The van der Waals surface area contributed by atoms with E-state index >= 15 is 0 Å². The Morgan fingerprint density at radius 2 is 1.72 bits per heavy atom. The summed E-state index contributed by atoms with van der Waals surface area (Å²) in [5.74, 6) is -2.31. The van der Waals surface area contributed by atoms with Gasteiger partial charge in [-0.2, -0.15) is 0 Å². The van der Waals surface area contributed by atoms with E-state index < -0.39 is 17.8 Å². The number of rotatable bonds is 6. The van der Waals surface area contributed by atoms with Crippen LogP contribution in [0.5, 0.6) is 0 Å². The van der Waals surface area contributed by atoms with E-state index in [1.54, 1.807) is 36.4 Å². The molecule has 0 saturated carbocycles. The van der Waals surface area contributed by atoms with Gasteiger partial charge in [0.05, 0.1) is 5.56 Å². The van der Waals surface area contributed by atoms with E-state index in [4.69, 9.17) is 9.52 Å². The number of carbonyl (C=O) groups excluding carboxylic acids is 2. The van der Waals surface area contributed by atoms with Crippen LogP contribution in [0.4, 0.5) is 5.69 Å². The highest BCUT2D eigenvalue weighted by molar-refractivity contribution is 9.10. The third-order valence-electron chi connectivity index (χ3n) is 3.77. The summed E-state index contributed by atoms with van der Waals surface area (Å²) in [6, 6.07) is 17.8. The van der Waals surface area contributed by atoms with E-state index in [9.17, 15) is 14.4 Å². The van der Waals surface area contributed by atoms with E-state index in [-0.39, 0.29) is 22.7 Å². The van der Waals surface area contributed by atoms with Crippen LogP contribution in [0.1, 0.15) is 26.5 Å². The number of hydrogen-bond acceptors (Lipinski definition) is 4. The molecule has 0 aliphatic heterocycles. The average Bonchev–Trinajstić information content (AvgIpc) is 3.15. The number of aromatic carboxylic acids is 1. The summed E-state index contributed by atoms with van der Waals surface area (Å²) in [5, 5.41) is 14.2. The number of halogens is 1. The van der Waals surface area contributed by atoms with E-state index in [1.165, 1.54) is 30.3 Å². The van der Waals surface area contributed by atoms with Crippen LogP contribution in [0.2, 0.25) is 0 Å². The molecule has 7 nitrogen and oxygen atoms in total. The maximum atomic E-state index is 12.8. The van der Waals surface area contributed by atoms with E-state index in [2.05, 4.69) is 26.6 Å². The third kappa shape index (κ3) is 5.43. The lowest BCUT2D eigenvalue weighted by Gasteiger charge is -2.11. The number of amides is 2. The van der Waals surface area contributed by atoms with Crippen molar-refractivity contribution in [1.29, 1.82) is 0 Å². The molecule has 0 aliphatic carbocycles. The summed E-state index contributed by atoms with van der Waals surface area (Å²) in [6.07, 6.45) is 1.51. The summed E-state index contributed by atoms with van der Waals surface area (Å²) in [6.45, 7) is 0. The first-order valence-corrected chi connectivity index (χ1v) is 9.20. The number of carbonyl (C=O) groups is 3. The highest BCUT2D eigenvalue weighted by Crippen LogP contribution is 2.16. The molecule has 29 heavy (non-hydrogen) atoms. The molecule has 146 valence electrons. The zero-order valence-electron chi connectivity index (χ0n) is 14.9. The monoisotopic (exact) mass is 454 g/mol. The summed E-state index contributed by atoms with van der Waals surface area (Å²) in [4.78, 5) is 36.3. The molecule has 0 saturated heterocycles. The molecular weight excluding hydrogens is 440 g/mol. The van der Waals surface area contributed by atoms with Gasteiger partial charge in [-0.1, -0.05) is 36.4 Å². The first-order valence-electron chi connectivity index (χ1n) is 8.40. The smallest absolute Gasteiger partial charge is 0.335 e. The lowest BCUT2D eigenvalue weighted by atomic mass is 10.1. The summed E-state index contributed by atoms with van der Waals surface area (Å²) >= 11 is 3.12. The molecule has 0 atom stereocenters. The summed E-state index contributed by atoms with van der Waals surface area (Å²) < 4.78 is 5.60. The molecule has 1 aromatic heterocycles. The Morgan fingerprint density at radius 3 is 2.38 bits per heavy atom. The number of carboxylic acid groups (broad SMARTS) is 1. The van der Waals surface area contributed by atoms with Gasteiger partial charge >= 0.3 is 5.97 Å². The number of carboxylic acids is 1. The quantitative estimate of drug-likeness (QED) is 0.484. The number of benzene rings is 2. The largest absolute Gasteiger partial charge is 0.478 e. The molecule has 1 heterocycles. The predicted molar refractivity (Wildman–Crippen MR) is 110 cm³/mol. The Kier molecular flexibility index (Phi) is 6.25. The van der Waals surface area contributed by atoms with Crippen LogP contribution in [0.25, 0.3) is 6.08 Å². The fraction of sp³-hybridized carbons (Fsp3) is 0. The molecule has 2 amide bonds. The van der Waals surface area contributed by atoms with Crippen LogP contribution in [-0.4, -0.2) is 22.9 Å². The highest BCUT2D eigenvalue weighted by Gasteiger charge is 2.18. The first kappa shape index (κ1) is 20.1. The number of furan rings is 1. The fourth-order valence-electron chi connectivity index (χ4n) is 2.42. The maximum absolute atomic E-state index is 12.8. The van der Waals surface area contributed by atoms with Gasteiger partial charge < -0.3 is 20.2 Å². The Morgan fingerprint density at radius 1 is 0.966 bits per heavy atom. The van der Waals surface area contributed by atoms with Crippen molar-refractivity contribution in [2.24, 2.45) is 0 Å². The highest BCUT2D eigenvalue weighted by atomic mass is 79.9. The van der Waals surface area contributed by atoms with Crippen LogP contribution >= 0.6 is 15.9 Å². The molecule has 0 spiro atoms. The number of anilines is 1. The van der Waals surface area contributed by atoms with Crippen molar-refractivity contribution in [2.75, 3.05) is 5.32 Å². The topological polar surface area (TPSA) is 109 Å². The van der Waals surface area contributed by atoms with Gasteiger partial charge in [-0.25, -0.2) is 4.79 Å². The second kappa shape index (κ2) is 9.03. The van der Waals surface area contributed by atoms with E-state index in [1.807, 2.05) is 6.07 Å². The number of hydrogen-bond donors (Lipinski definition) is 3. The molecule has 0 radical (unpaired) electrons. The van der Waals surface area contributed by atoms with Crippen LogP contribution in [-0.2, 0) is 4.79 Å². The standard InChI is InChI=1S/C21H15BrN2O5/c22-18-10-9-17(29-18)20(26)24-16(11-13-5-2-1-3-6-13)19(25)23-15-8-4-7-14(12-15)21(27)28/h1-12H,(H,23,25)(H,24,26)(H,27,28)/b16-11-. The van der Waals surface area contributed by atoms with Gasteiger partial charge in [-0.3, -0.25) is 9.59 Å². The Balaban J connectivity index is 1.87. The Bertz CT molecular complexity index is 1090. The molecular formula is C21H15BrN2O5. The van der Waals surface area contributed by atoms with Crippen LogP contribution in [0, 0.1) is 0 Å². The zero-order chi connectivity index (χ0) is 20.8. The van der Waals surface area contributed by atoms with Gasteiger partial charge in [-0.05, 0) is 57.9 Å². The van der Waals surface area contributed by atoms with Gasteiger partial charge in [0, 0.05) is 5.69 Å². The normalized spacial score (nSPS) is 11.0.